The Bertz CT molecular complexity index is 861. The first-order valence-corrected chi connectivity index (χ1v) is 9.25. The minimum Gasteiger partial charge on any atom is -0.480 e. The van der Waals surface area contributed by atoms with E-state index in [2.05, 4.69) is 0 Å². The lowest BCUT2D eigenvalue weighted by atomic mass is 10.2. The van der Waals surface area contributed by atoms with Gasteiger partial charge < -0.3 is 40.9 Å². The molecule has 1 fully saturated rings. The van der Waals surface area contributed by atoms with E-state index in [4.69, 9.17) is 0 Å². The Labute approximate surface area is 155 Å². The predicted octanol–water partition coefficient (Wildman–Crippen LogP) is -0.113. The lowest BCUT2D eigenvalue weighted by molar-refractivity contribution is -0.160. The first kappa shape index (κ1) is 23.0. The number of nitrogens with zero attached hydrogens (tertiary/aromatic N) is 1. The van der Waals surface area contributed by atoms with E-state index in [0.717, 1.165) is 0 Å². The third kappa shape index (κ3) is 1.49. The molecule has 0 unspecified atom stereocenters. The third-order valence-corrected chi connectivity index (χ3v) is 12.1. The van der Waals surface area contributed by atoms with Gasteiger partial charge in [0.15, 0.2) is 0 Å². The molecule has 0 spiro atoms. The maximum atomic E-state index is 12.2. The zero-order chi connectivity index (χ0) is 23.4. The van der Waals surface area contributed by atoms with E-state index >= 15 is 0 Å². The standard InChI is InChI=1S/C11H11NO16S/c13-3(14)2-1-29(7(21)22,8(23)24,9(25)26,10(27)28)11(4(15)16,5(17)18)12(2)6(19)20/h2H,1H2,(H,13,14)(H,15,16)(H,17,18)(H,19,20)(H,21,22)(H,23,24)(H,25,26)(H,27,28)/t2-/m0/s1. The number of amides is 1. The highest BCUT2D eigenvalue weighted by Gasteiger charge is 3.06. The minimum atomic E-state index is -9.08. The fraction of sp³-hybridized carbons (Fsp3) is 0.273. The molecule has 8 N–H and O–H groups in total. The molecule has 0 aromatic heterocycles. The maximum Gasteiger partial charge on any atom is 0.410 e. The van der Waals surface area contributed by atoms with Crippen molar-refractivity contribution in [1.29, 1.82) is 0 Å². The Balaban J connectivity index is 4.97. The molecule has 29 heavy (non-hydrogen) atoms. The van der Waals surface area contributed by atoms with Crippen LogP contribution < -0.4 is 0 Å². The van der Waals surface area contributed by atoms with Gasteiger partial charge in [-0.2, -0.15) is 0 Å². The normalized spacial score (nSPS) is 25.1. The lowest BCUT2D eigenvalue weighted by Crippen LogP contribution is -2.78. The predicted molar refractivity (Wildman–Crippen MR) is 83.8 cm³/mol. The van der Waals surface area contributed by atoms with Crippen LogP contribution in [0.3, 0.4) is 0 Å². The molecule has 0 bridgehead atoms. The van der Waals surface area contributed by atoms with Gasteiger partial charge in [0.1, 0.15) is 6.04 Å². The van der Waals surface area contributed by atoms with Gasteiger partial charge in [-0.15, -0.1) is 0 Å². The number of aliphatic carboxylic acids is 3. The van der Waals surface area contributed by atoms with E-state index in [-0.39, 0.29) is 0 Å². The van der Waals surface area contributed by atoms with Crippen molar-refractivity contribution in [2.75, 3.05) is 5.75 Å². The van der Waals surface area contributed by atoms with E-state index in [1.807, 2.05) is 0 Å². The molecule has 1 saturated heterocycles. The zero-order valence-corrected chi connectivity index (χ0v) is 14.3. The quantitative estimate of drug-likeness (QED) is 0.262. The van der Waals surface area contributed by atoms with Crippen LogP contribution >= 0.6 is 8.29 Å². The molecule has 0 aliphatic carbocycles. The first-order chi connectivity index (χ1) is 12.9. The highest BCUT2D eigenvalue weighted by Crippen LogP contribution is 3.00. The summed E-state index contributed by atoms with van der Waals surface area (Å²) < 4.78 is 0. The molecule has 0 saturated carbocycles. The molecular weight excluding hydrogens is 434 g/mol. The van der Waals surface area contributed by atoms with Crippen LogP contribution in [0.1, 0.15) is 0 Å². The molecule has 17 nitrogen and oxygen atoms in total. The van der Waals surface area contributed by atoms with Crippen LogP contribution in [-0.2, 0) is 14.4 Å². The summed E-state index contributed by atoms with van der Waals surface area (Å²) in [5.74, 6) is -12.0. The molecule has 0 aromatic rings. The number of carboxylic acids is 3. The van der Waals surface area contributed by atoms with E-state index < -0.39 is 75.1 Å². The first-order valence-electron chi connectivity index (χ1n) is 6.63. The van der Waals surface area contributed by atoms with Crippen LogP contribution in [0.4, 0.5) is 24.0 Å². The van der Waals surface area contributed by atoms with Crippen LogP contribution in [0.15, 0.2) is 0 Å². The average Bonchev–Trinajstić information content (AvgIpc) is 2.84. The molecule has 0 aromatic carbocycles. The van der Waals surface area contributed by atoms with Gasteiger partial charge in [0.2, 0.25) is 0 Å². The molecule has 1 atom stereocenters. The Kier molecular flexibility index (Phi) is 4.33. The van der Waals surface area contributed by atoms with Crippen LogP contribution in [-0.4, -0.2) is 108 Å². The molecular formula is C11H11NO16S. The zero-order valence-electron chi connectivity index (χ0n) is 13.5. The van der Waals surface area contributed by atoms with E-state index in [0.29, 0.717) is 0 Å². The number of hydrogen-bond donors (Lipinski definition) is 8. The summed E-state index contributed by atoms with van der Waals surface area (Å²) in [6.07, 6.45) is -2.91. The number of rotatable bonds is 3. The van der Waals surface area contributed by atoms with Crippen molar-refractivity contribution in [3.8, 4) is 0 Å². The van der Waals surface area contributed by atoms with Crippen LogP contribution in [0, 0.1) is 0 Å². The van der Waals surface area contributed by atoms with Crippen molar-refractivity contribution < 1.29 is 79.2 Å². The summed E-state index contributed by atoms with van der Waals surface area (Å²) in [6, 6.07) is -3.30. The van der Waals surface area contributed by atoms with Crippen molar-refractivity contribution in [2.45, 2.75) is 10.9 Å². The number of carbonyl (C=O) groups is 8. The number of hydrogen-bond acceptors (Lipinski definition) is 8. The molecule has 1 aliphatic rings. The van der Waals surface area contributed by atoms with Gasteiger partial charge in [0.05, 0.1) is 8.29 Å². The van der Waals surface area contributed by atoms with Gasteiger partial charge in [-0.3, -0.25) is 4.90 Å². The average molecular weight is 445 g/mol. The van der Waals surface area contributed by atoms with Crippen LogP contribution in [0.2, 0.25) is 0 Å². The van der Waals surface area contributed by atoms with Gasteiger partial charge in [0.25, 0.3) is 4.87 Å². The maximum absolute atomic E-state index is 12.2. The minimum absolute atomic E-state index is 1.29. The highest BCUT2D eigenvalue weighted by molar-refractivity contribution is 8.99. The van der Waals surface area contributed by atoms with Crippen molar-refractivity contribution in [1.82, 2.24) is 4.90 Å². The third-order valence-electron chi connectivity index (χ3n) is 4.99. The van der Waals surface area contributed by atoms with Gasteiger partial charge in [-0.05, 0) is 0 Å². The molecule has 1 aliphatic heterocycles. The largest absolute Gasteiger partial charge is 0.480 e. The Morgan fingerprint density at radius 2 is 0.966 bits per heavy atom. The van der Waals surface area contributed by atoms with Gasteiger partial charge in [-0.1, -0.05) is 0 Å². The Morgan fingerprint density at radius 3 is 1.14 bits per heavy atom. The van der Waals surface area contributed by atoms with Gasteiger partial charge >= 0.3 is 45.2 Å². The van der Waals surface area contributed by atoms with Crippen LogP contribution in [0.5, 0.6) is 0 Å². The van der Waals surface area contributed by atoms with E-state index in [1.54, 1.807) is 0 Å². The van der Waals surface area contributed by atoms with E-state index in [1.165, 1.54) is 0 Å². The lowest BCUT2D eigenvalue weighted by Gasteiger charge is -2.64. The highest BCUT2D eigenvalue weighted by atomic mass is 32.4. The summed E-state index contributed by atoms with van der Waals surface area (Å²) in [6.45, 7) is 0. The smallest absolute Gasteiger partial charge is 0.410 e. The second kappa shape index (κ2) is 5.47. The summed E-state index contributed by atoms with van der Waals surface area (Å²) in [5, 5.41) is 62.0. The second-order valence-electron chi connectivity index (χ2n) is 5.73. The molecule has 1 amide bonds. The Hall–Kier alpha value is -4.09. The fourth-order valence-corrected chi connectivity index (χ4v) is 9.02. The van der Waals surface area contributed by atoms with Crippen molar-refractivity contribution in [3.05, 3.63) is 0 Å². The molecule has 1 rings (SSSR count). The summed E-state index contributed by atoms with van der Waals surface area (Å²) in [7, 11) is -9.08. The monoisotopic (exact) mass is 445 g/mol. The van der Waals surface area contributed by atoms with Crippen molar-refractivity contribution in [2.24, 2.45) is 0 Å². The van der Waals surface area contributed by atoms with Gasteiger partial charge in [-0.25, -0.2) is 38.4 Å². The SMILES string of the molecule is O=C(O)[C@@H]1CS(C(=O)O)(C(=O)O)(C(=O)O)(C(=O)O)C(C(=O)O)(C(=O)O)N1C(=O)O. The fourth-order valence-electron chi connectivity index (χ4n) is 3.53. The van der Waals surface area contributed by atoms with Crippen molar-refractivity contribution >= 4 is 53.5 Å². The van der Waals surface area contributed by atoms with Crippen LogP contribution in [0.25, 0.3) is 0 Å². The summed E-state index contributed by atoms with van der Waals surface area (Å²) in [5.41, 5.74) is 0. The summed E-state index contributed by atoms with van der Waals surface area (Å²) >= 11 is 0. The molecule has 162 valence electrons. The van der Waals surface area contributed by atoms with Gasteiger partial charge in [0, 0.05) is 5.75 Å². The topological polar surface area (TPSA) is 302 Å². The van der Waals surface area contributed by atoms with Crippen molar-refractivity contribution in [3.63, 3.8) is 0 Å². The Morgan fingerprint density at radius 1 is 0.655 bits per heavy atom. The molecule has 0 radical (unpaired) electrons. The second-order valence-corrected chi connectivity index (χ2v) is 11.5. The van der Waals surface area contributed by atoms with E-state index in [9.17, 15) is 79.2 Å². The summed E-state index contributed by atoms with van der Waals surface area (Å²) in [4.78, 5) is 89.3. The molecule has 1 heterocycles. The number of carboxylic acid groups (broad SMARTS) is 8. The molecule has 18 heteroatoms.